The Morgan fingerprint density at radius 3 is 2.37 bits per heavy atom. The van der Waals surface area contributed by atoms with E-state index < -0.39 is 0 Å². The number of methoxy groups -OCH3 is 1. The molecule has 1 N–H and O–H groups in total. The minimum absolute atomic E-state index is 0.0615. The Bertz CT molecular complexity index is 776. The van der Waals surface area contributed by atoms with Crippen molar-refractivity contribution in [3.63, 3.8) is 0 Å². The van der Waals surface area contributed by atoms with E-state index in [1.54, 1.807) is 7.11 Å². The molecule has 0 aliphatic carbocycles. The highest BCUT2D eigenvalue weighted by Crippen LogP contribution is 2.31. The monoisotopic (exact) mass is 389 g/mol. The first-order chi connectivity index (χ1) is 12.8. The fourth-order valence-corrected chi connectivity index (χ4v) is 3.32. The van der Waals surface area contributed by atoms with Gasteiger partial charge in [-0.25, -0.2) is 9.97 Å². The zero-order chi connectivity index (χ0) is 20.0. The molecule has 0 spiro atoms. The van der Waals surface area contributed by atoms with Crippen LogP contribution in [0.5, 0.6) is 11.5 Å². The maximum atomic E-state index is 12.3. The van der Waals surface area contributed by atoms with Crippen LogP contribution in [-0.4, -0.2) is 34.8 Å². The van der Waals surface area contributed by atoms with Crippen LogP contribution in [-0.2, 0) is 4.79 Å². The van der Waals surface area contributed by atoms with Crippen molar-refractivity contribution in [2.24, 2.45) is 0 Å². The Labute approximate surface area is 165 Å². The van der Waals surface area contributed by atoms with Gasteiger partial charge in [0.1, 0.15) is 0 Å². The van der Waals surface area contributed by atoms with Crippen LogP contribution in [0.3, 0.4) is 0 Å². The number of amides is 1. The van der Waals surface area contributed by atoms with Gasteiger partial charge >= 0.3 is 0 Å². The quantitative estimate of drug-likeness (QED) is 0.546. The van der Waals surface area contributed by atoms with E-state index in [0.29, 0.717) is 16.7 Å². The normalized spacial score (nSPS) is 12.0. The van der Waals surface area contributed by atoms with E-state index in [-0.39, 0.29) is 23.8 Å². The summed E-state index contributed by atoms with van der Waals surface area (Å²) < 4.78 is 11.1. The third-order valence-electron chi connectivity index (χ3n) is 3.72. The van der Waals surface area contributed by atoms with Gasteiger partial charge in [-0.1, -0.05) is 17.8 Å². The summed E-state index contributed by atoms with van der Waals surface area (Å²) in [7, 11) is 1.61. The summed E-state index contributed by atoms with van der Waals surface area (Å²) in [6.07, 6.45) is 0.0615. The van der Waals surface area contributed by atoms with Gasteiger partial charge in [0.2, 0.25) is 5.91 Å². The number of carbonyl (C=O) groups excluding carboxylic acids is 1. The molecule has 1 heterocycles. The Balaban J connectivity index is 1.97. The average molecular weight is 390 g/mol. The van der Waals surface area contributed by atoms with Crippen LogP contribution in [0.4, 0.5) is 0 Å². The first-order valence-corrected chi connectivity index (χ1v) is 9.86. The number of benzene rings is 1. The molecule has 146 valence electrons. The number of aromatic nitrogens is 2. The average Bonchev–Trinajstić information content (AvgIpc) is 2.59. The van der Waals surface area contributed by atoms with Gasteiger partial charge in [0, 0.05) is 11.4 Å². The van der Waals surface area contributed by atoms with Crippen LogP contribution in [0.25, 0.3) is 0 Å². The van der Waals surface area contributed by atoms with Gasteiger partial charge in [-0.2, -0.15) is 0 Å². The van der Waals surface area contributed by atoms with E-state index in [2.05, 4.69) is 15.3 Å². The molecule has 0 aliphatic heterocycles. The fraction of sp³-hybridized carbons (Fsp3) is 0.450. The topological polar surface area (TPSA) is 73.3 Å². The van der Waals surface area contributed by atoms with Gasteiger partial charge in [-0.15, -0.1) is 0 Å². The maximum absolute atomic E-state index is 12.3. The highest BCUT2D eigenvalue weighted by molar-refractivity contribution is 7.99. The van der Waals surface area contributed by atoms with Gasteiger partial charge in [-0.05, 0) is 58.4 Å². The zero-order valence-corrected chi connectivity index (χ0v) is 17.5. The molecule has 1 aromatic heterocycles. The number of ether oxygens (including phenoxy) is 2. The van der Waals surface area contributed by atoms with E-state index in [1.165, 1.54) is 11.8 Å². The minimum Gasteiger partial charge on any atom is -0.493 e. The number of aryl methyl sites for hydroxylation is 2. The van der Waals surface area contributed by atoms with Crippen molar-refractivity contribution in [1.82, 2.24) is 15.3 Å². The van der Waals surface area contributed by atoms with Gasteiger partial charge in [0.05, 0.1) is 25.0 Å². The molecule has 0 fully saturated rings. The highest BCUT2D eigenvalue weighted by atomic mass is 32.2. The molecule has 0 radical (unpaired) electrons. The van der Waals surface area contributed by atoms with Crippen LogP contribution in [0.2, 0.25) is 0 Å². The summed E-state index contributed by atoms with van der Waals surface area (Å²) >= 11 is 1.33. The molecule has 2 rings (SSSR count). The lowest BCUT2D eigenvalue weighted by Gasteiger charge is -2.18. The molecule has 0 saturated heterocycles. The minimum atomic E-state index is -0.153. The molecular formula is C20H27N3O3S. The number of nitrogens with one attached hydrogen (secondary N) is 1. The Morgan fingerprint density at radius 2 is 1.78 bits per heavy atom. The molecular weight excluding hydrogens is 362 g/mol. The fourth-order valence-electron chi connectivity index (χ4n) is 2.56. The molecule has 7 heteroatoms. The number of rotatable bonds is 8. The van der Waals surface area contributed by atoms with E-state index in [1.807, 2.05) is 58.9 Å². The van der Waals surface area contributed by atoms with Crippen molar-refractivity contribution in [2.45, 2.75) is 51.9 Å². The van der Waals surface area contributed by atoms with Crippen LogP contribution in [0.15, 0.2) is 29.4 Å². The largest absolute Gasteiger partial charge is 0.493 e. The third kappa shape index (κ3) is 6.43. The second kappa shape index (κ2) is 9.60. The number of carbonyl (C=O) groups is 1. The lowest BCUT2D eigenvalue weighted by atomic mass is 10.1. The summed E-state index contributed by atoms with van der Waals surface area (Å²) in [4.78, 5) is 21.0. The SMILES string of the molecule is COc1cc(C(C)NC(=O)CSc2nc(C)cc(C)n2)ccc1OC(C)C. The van der Waals surface area contributed by atoms with E-state index >= 15 is 0 Å². The smallest absolute Gasteiger partial charge is 0.230 e. The summed E-state index contributed by atoms with van der Waals surface area (Å²) in [6.45, 7) is 9.70. The summed E-state index contributed by atoms with van der Waals surface area (Å²) in [5, 5.41) is 3.61. The maximum Gasteiger partial charge on any atom is 0.230 e. The Hall–Kier alpha value is -2.28. The third-order valence-corrected chi connectivity index (χ3v) is 4.57. The van der Waals surface area contributed by atoms with Crippen molar-refractivity contribution in [3.05, 3.63) is 41.2 Å². The molecule has 0 saturated carbocycles. The molecule has 1 unspecified atom stereocenters. The van der Waals surface area contributed by atoms with Crippen LogP contribution in [0.1, 0.15) is 43.8 Å². The first kappa shape index (κ1) is 21.0. The first-order valence-electron chi connectivity index (χ1n) is 8.87. The lowest BCUT2D eigenvalue weighted by molar-refractivity contribution is -0.119. The van der Waals surface area contributed by atoms with Crippen molar-refractivity contribution < 1.29 is 14.3 Å². The molecule has 2 aromatic rings. The zero-order valence-electron chi connectivity index (χ0n) is 16.7. The molecule has 1 amide bonds. The van der Waals surface area contributed by atoms with Gasteiger partial charge in [0.15, 0.2) is 16.7 Å². The number of nitrogens with zero attached hydrogens (tertiary/aromatic N) is 2. The number of hydrogen-bond donors (Lipinski definition) is 1. The molecule has 1 aromatic carbocycles. The van der Waals surface area contributed by atoms with Gasteiger partial charge in [-0.3, -0.25) is 4.79 Å². The predicted molar refractivity (Wildman–Crippen MR) is 108 cm³/mol. The second-order valence-corrected chi connectivity index (χ2v) is 7.53. The molecule has 1 atom stereocenters. The number of hydrogen-bond acceptors (Lipinski definition) is 6. The molecule has 0 bridgehead atoms. The standard InChI is InChI=1S/C20H27N3O3S/c1-12(2)26-17-8-7-16(10-18(17)25-6)15(5)23-19(24)11-27-20-21-13(3)9-14(4)22-20/h7-10,12,15H,11H2,1-6H3,(H,23,24). The van der Waals surface area contributed by atoms with E-state index in [9.17, 15) is 4.79 Å². The molecule has 27 heavy (non-hydrogen) atoms. The number of thioether (sulfide) groups is 1. The van der Waals surface area contributed by atoms with Gasteiger partial charge in [0.25, 0.3) is 0 Å². The van der Waals surface area contributed by atoms with Crippen molar-refractivity contribution in [2.75, 3.05) is 12.9 Å². The van der Waals surface area contributed by atoms with Crippen molar-refractivity contribution >= 4 is 17.7 Å². The van der Waals surface area contributed by atoms with Crippen molar-refractivity contribution in [1.29, 1.82) is 0 Å². The van der Waals surface area contributed by atoms with Crippen LogP contribution in [0, 0.1) is 13.8 Å². The lowest BCUT2D eigenvalue weighted by Crippen LogP contribution is -2.28. The summed E-state index contributed by atoms with van der Waals surface area (Å²) in [6, 6.07) is 7.45. The highest BCUT2D eigenvalue weighted by Gasteiger charge is 2.14. The van der Waals surface area contributed by atoms with Gasteiger partial charge < -0.3 is 14.8 Å². The van der Waals surface area contributed by atoms with Crippen LogP contribution >= 0.6 is 11.8 Å². The summed E-state index contributed by atoms with van der Waals surface area (Å²) in [5.41, 5.74) is 2.74. The summed E-state index contributed by atoms with van der Waals surface area (Å²) in [5.74, 6) is 1.54. The predicted octanol–water partition coefficient (Wildman–Crippen LogP) is 3.86. The Morgan fingerprint density at radius 1 is 1.11 bits per heavy atom. The second-order valence-electron chi connectivity index (χ2n) is 6.59. The van der Waals surface area contributed by atoms with Crippen LogP contribution < -0.4 is 14.8 Å². The Kier molecular flexibility index (Phi) is 7.47. The van der Waals surface area contributed by atoms with Crippen molar-refractivity contribution in [3.8, 4) is 11.5 Å². The molecule has 6 nitrogen and oxygen atoms in total. The van der Waals surface area contributed by atoms with E-state index in [4.69, 9.17) is 9.47 Å². The van der Waals surface area contributed by atoms with E-state index in [0.717, 1.165) is 17.0 Å². The molecule has 0 aliphatic rings.